The Bertz CT molecular complexity index is 105. The van der Waals surface area contributed by atoms with Crippen LogP contribution in [0.4, 0.5) is 0 Å². The highest BCUT2D eigenvalue weighted by Crippen LogP contribution is 1.99. The van der Waals surface area contributed by atoms with Gasteiger partial charge in [-0.1, -0.05) is 26.7 Å². The number of hydrogen-bond donors (Lipinski definition) is 0. The first-order chi connectivity index (χ1) is 5.31. The van der Waals surface area contributed by atoms with E-state index in [9.17, 15) is 0 Å². The van der Waals surface area contributed by atoms with Crippen molar-refractivity contribution < 1.29 is 4.74 Å². The lowest BCUT2D eigenvalue weighted by Gasteiger charge is -2.00. The maximum Gasteiger partial charge on any atom is 0.0873 e. The Morgan fingerprint density at radius 1 is 1.27 bits per heavy atom. The van der Waals surface area contributed by atoms with E-state index < -0.39 is 0 Å². The van der Waals surface area contributed by atoms with Crippen molar-refractivity contribution in [1.29, 1.82) is 0 Å². The van der Waals surface area contributed by atoms with Gasteiger partial charge in [0.2, 0.25) is 0 Å². The lowest BCUT2D eigenvalue weighted by molar-refractivity contribution is 0.238. The van der Waals surface area contributed by atoms with Crippen LogP contribution in [0.5, 0.6) is 0 Å². The van der Waals surface area contributed by atoms with Crippen molar-refractivity contribution in [1.82, 2.24) is 0 Å². The normalized spacial score (nSPS) is 11.7. The third-order valence-electron chi connectivity index (χ3n) is 1.71. The van der Waals surface area contributed by atoms with Gasteiger partial charge in [-0.2, -0.15) is 0 Å². The number of ether oxygens (including phenoxy) is 1. The lowest BCUT2D eigenvalue weighted by Crippen LogP contribution is -1.87. The van der Waals surface area contributed by atoms with Gasteiger partial charge >= 0.3 is 0 Å². The highest BCUT2D eigenvalue weighted by molar-refractivity contribution is 4.90. The summed E-state index contributed by atoms with van der Waals surface area (Å²) in [6.45, 7) is 7.32. The smallest absolute Gasteiger partial charge is 0.0873 e. The topological polar surface area (TPSA) is 9.23 Å². The zero-order valence-electron chi connectivity index (χ0n) is 8.02. The Kier molecular flexibility index (Phi) is 7.33. The lowest BCUT2D eigenvalue weighted by atomic mass is 10.2. The number of hydrogen-bond acceptors (Lipinski definition) is 1. The summed E-state index contributed by atoms with van der Waals surface area (Å²) in [7, 11) is 0. The Balaban J connectivity index is 3.12. The molecule has 0 heterocycles. The first-order valence-corrected chi connectivity index (χ1v) is 4.58. The predicted octanol–water partition coefficient (Wildman–Crippen LogP) is 3.51. The number of unbranched alkanes of at least 4 members (excludes halogenated alkanes) is 2. The van der Waals surface area contributed by atoms with Gasteiger partial charge in [-0.05, 0) is 25.3 Å². The first kappa shape index (κ1) is 10.5. The van der Waals surface area contributed by atoms with Gasteiger partial charge in [0.1, 0.15) is 0 Å². The van der Waals surface area contributed by atoms with Gasteiger partial charge in [0, 0.05) is 0 Å². The third-order valence-corrected chi connectivity index (χ3v) is 1.71. The van der Waals surface area contributed by atoms with E-state index in [2.05, 4.69) is 20.8 Å². The average Bonchev–Trinajstić information content (AvgIpc) is 2.04. The second-order valence-corrected chi connectivity index (χ2v) is 2.90. The quantitative estimate of drug-likeness (QED) is 0.422. The molecular formula is C10H20O. The fourth-order valence-corrected chi connectivity index (χ4v) is 0.720. The highest BCUT2D eigenvalue weighted by atomic mass is 16.5. The Labute approximate surface area is 70.4 Å². The van der Waals surface area contributed by atoms with E-state index in [0.717, 1.165) is 13.0 Å². The van der Waals surface area contributed by atoms with E-state index in [1.165, 1.54) is 24.8 Å². The van der Waals surface area contributed by atoms with Crippen LogP contribution < -0.4 is 0 Å². The van der Waals surface area contributed by atoms with E-state index in [1.54, 1.807) is 0 Å². The standard InChI is InChI=1S/C10H20O/c1-4-6-7-8-11-9-10(3)5-2/h9H,4-8H2,1-3H3/b10-9+. The molecule has 0 bridgehead atoms. The van der Waals surface area contributed by atoms with Crippen molar-refractivity contribution in [2.24, 2.45) is 0 Å². The molecule has 0 aliphatic heterocycles. The molecule has 0 unspecified atom stereocenters. The Morgan fingerprint density at radius 3 is 2.55 bits per heavy atom. The van der Waals surface area contributed by atoms with Crippen molar-refractivity contribution in [2.75, 3.05) is 6.61 Å². The maximum absolute atomic E-state index is 5.33. The van der Waals surface area contributed by atoms with E-state index in [1.807, 2.05) is 6.26 Å². The molecule has 1 nitrogen and oxygen atoms in total. The molecule has 0 N–H and O–H groups in total. The molecule has 66 valence electrons. The van der Waals surface area contributed by atoms with E-state index in [-0.39, 0.29) is 0 Å². The van der Waals surface area contributed by atoms with Crippen LogP contribution in [0.2, 0.25) is 0 Å². The molecule has 0 amide bonds. The third kappa shape index (κ3) is 7.44. The maximum atomic E-state index is 5.33. The van der Waals surface area contributed by atoms with E-state index in [4.69, 9.17) is 4.74 Å². The van der Waals surface area contributed by atoms with E-state index in [0.29, 0.717) is 0 Å². The SMILES string of the molecule is CCCCCO/C=C(\C)CC. The van der Waals surface area contributed by atoms with Crippen LogP contribution in [0.25, 0.3) is 0 Å². The summed E-state index contributed by atoms with van der Waals surface area (Å²) in [6.07, 6.45) is 6.70. The fraction of sp³-hybridized carbons (Fsp3) is 0.800. The van der Waals surface area contributed by atoms with Crippen LogP contribution in [0.3, 0.4) is 0 Å². The van der Waals surface area contributed by atoms with Crippen LogP contribution >= 0.6 is 0 Å². The molecule has 0 aromatic carbocycles. The van der Waals surface area contributed by atoms with Crippen LogP contribution in [0.15, 0.2) is 11.8 Å². The molecule has 0 rings (SSSR count). The molecule has 0 aliphatic rings. The molecule has 0 saturated heterocycles. The summed E-state index contributed by atoms with van der Waals surface area (Å²) >= 11 is 0. The summed E-state index contributed by atoms with van der Waals surface area (Å²) in [4.78, 5) is 0. The van der Waals surface area contributed by atoms with Crippen LogP contribution in [0.1, 0.15) is 46.5 Å². The molecule has 0 atom stereocenters. The minimum absolute atomic E-state index is 0.880. The Hall–Kier alpha value is -0.460. The average molecular weight is 156 g/mol. The highest BCUT2D eigenvalue weighted by Gasteiger charge is 1.85. The second-order valence-electron chi connectivity index (χ2n) is 2.90. The summed E-state index contributed by atoms with van der Waals surface area (Å²) in [5.74, 6) is 0. The van der Waals surface area contributed by atoms with Gasteiger partial charge in [-0.25, -0.2) is 0 Å². The monoisotopic (exact) mass is 156 g/mol. The van der Waals surface area contributed by atoms with Crippen molar-refractivity contribution in [3.05, 3.63) is 11.8 Å². The molecule has 11 heavy (non-hydrogen) atoms. The summed E-state index contributed by atoms with van der Waals surface area (Å²) < 4.78 is 5.33. The first-order valence-electron chi connectivity index (χ1n) is 4.58. The minimum atomic E-state index is 0.880. The van der Waals surface area contributed by atoms with Crippen molar-refractivity contribution in [3.63, 3.8) is 0 Å². The zero-order chi connectivity index (χ0) is 8.53. The molecule has 1 heteroatoms. The zero-order valence-corrected chi connectivity index (χ0v) is 8.02. The van der Waals surface area contributed by atoms with Gasteiger partial charge in [0.05, 0.1) is 12.9 Å². The van der Waals surface area contributed by atoms with Crippen LogP contribution in [-0.2, 0) is 4.74 Å². The van der Waals surface area contributed by atoms with Crippen molar-refractivity contribution >= 4 is 0 Å². The van der Waals surface area contributed by atoms with Gasteiger partial charge in [0.25, 0.3) is 0 Å². The van der Waals surface area contributed by atoms with Crippen LogP contribution in [0, 0.1) is 0 Å². The fourth-order valence-electron chi connectivity index (χ4n) is 0.720. The summed E-state index contributed by atoms with van der Waals surface area (Å²) in [5.41, 5.74) is 1.32. The van der Waals surface area contributed by atoms with Crippen LogP contribution in [-0.4, -0.2) is 6.61 Å². The molecule has 0 fully saturated rings. The summed E-state index contributed by atoms with van der Waals surface area (Å²) in [6, 6.07) is 0. The molecule has 0 radical (unpaired) electrons. The predicted molar refractivity (Wildman–Crippen MR) is 49.5 cm³/mol. The van der Waals surface area contributed by atoms with E-state index >= 15 is 0 Å². The number of allylic oxidation sites excluding steroid dienone is 1. The van der Waals surface area contributed by atoms with Gasteiger partial charge < -0.3 is 4.74 Å². The minimum Gasteiger partial charge on any atom is -0.501 e. The molecule has 0 saturated carbocycles. The molecule has 0 aromatic rings. The van der Waals surface area contributed by atoms with Crippen molar-refractivity contribution in [3.8, 4) is 0 Å². The van der Waals surface area contributed by atoms with Gasteiger partial charge in [-0.3, -0.25) is 0 Å². The van der Waals surface area contributed by atoms with Gasteiger partial charge in [0.15, 0.2) is 0 Å². The largest absolute Gasteiger partial charge is 0.501 e. The number of rotatable bonds is 6. The molecule has 0 aromatic heterocycles. The second kappa shape index (κ2) is 7.64. The van der Waals surface area contributed by atoms with Crippen molar-refractivity contribution in [2.45, 2.75) is 46.5 Å². The molecule has 0 aliphatic carbocycles. The summed E-state index contributed by atoms with van der Waals surface area (Å²) in [5, 5.41) is 0. The van der Waals surface area contributed by atoms with Gasteiger partial charge in [-0.15, -0.1) is 0 Å². The molecular weight excluding hydrogens is 136 g/mol. The Morgan fingerprint density at radius 2 is 2.00 bits per heavy atom. The molecule has 0 spiro atoms.